The number of guanidine groups is 1. The van der Waals surface area contributed by atoms with Crippen molar-refractivity contribution in [3.05, 3.63) is 43.8 Å². The zero-order valence-corrected chi connectivity index (χ0v) is 20.6. The molecule has 9 heteroatoms. The van der Waals surface area contributed by atoms with Crippen molar-refractivity contribution in [1.82, 2.24) is 15.6 Å². The van der Waals surface area contributed by atoms with Crippen LogP contribution in [-0.4, -0.2) is 30.4 Å². The lowest BCUT2D eigenvalue weighted by Crippen LogP contribution is -2.38. The van der Waals surface area contributed by atoms with Gasteiger partial charge in [-0.25, -0.2) is 4.98 Å². The van der Waals surface area contributed by atoms with Gasteiger partial charge < -0.3 is 16.0 Å². The van der Waals surface area contributed by atoms with Crippen LogP contribution in [-0.2, 0) is 11.3 Å². The van der Waals surface area contributed by atoms with Crippen molar-refractivity contribution < 1.29 is 4.79 Å². The molecule has 0 saturated heterocycles. The van der Waals surface area contributed by atoms with Gasteiger partial charge in [0.25, 0.3) is 0 Å². The Hall–Kier alpha value is -1.20. The van der Waals surface area contributed by atoms with Crippen LogP contribution in [0.25, 0.3) is 0 Å². The number of hydrogen-bond donors (Lipinski definition) is 3. The van der Waals surface area contributed by atoms with Crippen molar-refractivity contribution in [3.63, 3.8) is 0 Å². The highest BCUT2D eigenvalue weighted by atomic mass is 127. The van der Waals surface area contributed by atoms with E-state index in [9.17, 15) is 4.79 Å². The fourth-order valence-electron chi connectivity index (χ4n) is 2.36. The fourth-order valence-corrected chi connectivity index (χ4v) is 3.60. The standard InChI is InChI=1S/C18H24BrN5OS.HI/c1-11-5-6-14(19)9-15(11)24-17(25)7-8-21-18(20-4)22-10-16-12(2)23-13(3)26-16;/h5-6,9H,7-8,10H2,1-4H3,(H,24,25)(H2,20,21,22);1H. The second-order valence-electron chi connectivity index (χ2n) is 5.85. The van der Waals surface area contributed by atoms with Gasteiger partial charge in [-0.2, -0.15) is 0 Å². The van der Waals surface area contributed by atoms with Crippen LogP contribution < -0.4 is 16.0 Å². The molecule has 1 aromatic heterocycles. The van der Waals surface area contributed by atoms with E-state index in [4.69, 9.17) is 0 Å². The van der Waals surface area contributed by atoms with E-state index in [2.05, 4.69) is 41.9 Å². The summed E-state index contributed by atoms with van der Waals surface area (Å²) in [5.74, 6) is 0.630. The molecular weight excluding hydrogens is 541 g/mol. The van der Waals surface area contributed by atoms with Crippen molar-refractivity contribution in [1.29, 1.82) is 0 Å². The number of carbonyl (C=O) groups excluding carboxylic acids is 1. The Morgan fingerprint density at radius 2 is 2.00 bits per heavy atom. The highest BCUT2D eigenvalue weighted by Gasteiger charge is 2.08. The van der Waals surface area contributed by atoms with E-state index >= 15 is 0 Å². The van der Waals surface area contributed by atoms with Crippen LogP contribution in [0, 0.1) is 20.8 Å². The first-order chi connectivity index (χ1) is 12.4. The number of thiazole rings is 1. The first kappa shape index (κ1) is 23.8. The minimum absolute atomic E-state index is 0. The lowest BCUT2D eigenvalue weighted by molar-refractivity contribution is -0.116. The maximum atomic E-state index is 12.1. The van der Waals surface area contributed by atoms with Gasteiger partial charge in [0.1, 0.15) is 0 Å². The van der Waals surface area contributed by atoms with E-state index in [0.29, 0.717) is 25.5 Å². The molecule has 0 spiro atoms. The Morgan fingerprint density at radius 1 is 1.26 bits per heavy atom. The zero-order chi connectivity index (χ0) is 19.1. The second-order valence-corrected chi connectivity index (χ2v) is 8.05. The number of carbonyl (C=O) groups is 1. The molecule has 1 aromatic carbocycles. The predicted octanol–water partition coefficient (Wildman–Crippen LogP) is 4.14. The van der Waals surface area contributed by atoms with Crippen LogP contribution >= 0.6 is 51.2 Å². The van der Waals surface area contributed by atoms with Gasteiger partial charge in [0.2, 0.25) is 5.91 Å². The van der Waals surface area contributed by atoms with E-state index < -0.39 is 0 Å². The van der Waals surface area contributed by atoms with E-state index in [1.54, 1.807) is 18.4 Å². The molecule has 148 valence electrons. The van der Waals surface area contributed by atoms with E-state index in [1.807, 2.05) is 39.0 Å². The van der Waals surface area contributed by atoms with E-state index in [1.165, 1.54) is 4.88 Å². The summed E-state index contributed by atoms with van der Waals surface area (Å²) in [5, 5.41) is 10.4. The summed E-state index contributed by atoms with van der Waals surface area (Å²) in [4.78, 5) is 21.9. The monoisotopic (exact) mass is 565 g/mol. The molecule has 0 saturated carbocycles. The number of halogens is 2. The summed E-state index contributed by atoms with van der Waals surface area (Å²) in [7, 11) is 1.71. The largest absolute Gasteiger partial charge is 0.356 e. The Labute approximate surface area is 189 Å². The molecule has 0 radical (unpaired) electrons. The first-order valence-corrected chi connectivity index (χ1v) is 9.93. The molecule has 27 heavy (non-hydrogen) atoms. The lowest BCUT2D eigenvalue weighted by Gasteiger charge is -2.12. The number of hydrogen-bond acceptors (Lipinski definition) is 4. The van der Waals surface area contributed by atoms with Crippen molar-refractivity contribution >= 4 is 68.8 Å². The highest BCUT2D eigenvalue weighted by molar-refractivity contribution is 14.0. The van der Waals surface area contributed by atoms with Crippen LogP contribution in [0.1, 0.15) is 27.6 Å². The Balaban J connectivity index is 0.00000364. The summed E-state index contributed by atoms with van der Waals surface area (Å²) < 4.78 is 0.940. The SMILES string of the molecule is CN=C(NCCC(=O)Nc1cc(Br)ccc1C)NCc1sc(C)nc1C.I. The van der Waals surface area contributed by atoms with Crippen LogP contribution in [0.3, 0.4) is 0 Å². The zero-order valence-electron chi connectivity index (χ0n) is 15.9. The summed E-state index contributed by atoms with van der Waals surface area (Å²) in [6.45, 7) is 7.14. The van der Waals surface area contributed by atoms with Crippen molar-refractivity contribution in [3.8, 4) is 0 Å². The van der Waals surface area contributed by atoms with Gasteiger partial charge in [-0.05, 0) is 38.5 Å². The fraction of sp³-hybridized carbons (Fsp3) is 0.389. The van der Waals surface area contributed by atoms with Gasteiger partial charge >= 0.3 is 0 Å². The van der Waals surface area contributed by atoms with Crippen LogP contribution in [0.2, 0.25) is 0 Å². The highest BCUT2D eigenvalue weighted by Crippen LogP contribution is 2.20. The van der Waals surface area contributed by atoms with Gasteiger partial charge in [0.15, 0.2) is 5.96 Å². The minimum Gasteiger partial charge on any atom is -0.356 e. The Bertz CT molecular complexity index is 809. The maximum Gasteiger partial charge on any atom is 0.226 e. The summed E-state index contributed by atoms with van der Waals surface area (Å²) in [5.41, 5.74) is 2.89. The molecule has 0 atom stereocenters. The molecule has 6 nitrogen and oxygen atoms in total. The minimum atomic E-state index is -0.0388. The topological polar surface area (TPSA) is 78.4 Å². The van der Waals surface area contributed by atoms with Crippen molar-refractivity contribution in [2.45, 2.75) is 33.7 Å². The van der Waals surface area contributed by atoms with Crippen molar-refractivity contribution in [2.75, 3.05) is 18.9 Å². The van der Waals surface area contributed by atoms with Gasteiger partial charge in [-0.1, -0.05) is 22.0 Å². The van der Waals surface area contributed by atoms with Gasteiger partial charge in [0, 0.05) is 35.1 Å². The van der Waals surface area contributed by atoms with Gasteiger partial charge in [-0.15, -0.1) is 35.3 Å². The number of rotatable bonds is 6. The molecule has 2 aromatic rings. The van der Waals surface area contributed by atoms with Crippen LogP contribution in [0.4, 0.5) is 5.69 Å². The Morgan fingerprint density at radius 3 is 2.63 bits per heavy atom. The molecule has 3 N–H and O–H groups in total. The van der Waals surface area contributed by atoms with E-state index in [0.717, 1.165) is 26.4 Å². The lowest BCUT2D eigenvalue weighted by atomic mass is 10.2. The average Bonchev–Trinajstić information content (AvgIpc) is 2.91. The average molecular weight is 566 g/mol. The predicted molar refractivity (Wildman–Crippen MR) is 127 cm³/mol. The quantitative estimate of drug-likeness (QED) is 0.279. The molecule has 0 bridgehead atoms. The third-order valence-electron chi connectivity index (χ3n) is 3.76. The summed E-state index contributed by atoms with van der Waals surface area (Å²) >= 11 is 5.09. The number of benzene rings is 1. The van der Waals surface area contributed by atoms with Crippen LogP contribution in [0.15, 0.2) is 27.7 Å². The molecule has 0 fully saturated rings. The molecule has 2 rings (SSSR count). The molecule has 1 heterocycles. The van der Waals surface area contributed by atoms with Crippen LogP contribution in [0.5, 0.6) is 0 Å². The van der Waals surface area contributed by atoms with E-state index in [-0.39, 0.29) is 29.9 Å². The second kappa shape index (κ2) is 11.6. The molecule has 0 unspecified atom stereocenters. The first-order valence-electron chi connectivity index (χ1n) is 8.32. The Kier molecular flexibility index (Phi) is 10.2. The number of aromatic nitrogens is 1. The number of nitrogens with zero attached hydrogens (tertiary/aromatic N) is 2. The number of anilines is 1. The van der Waals surface area contributed by atoms with Gasteiger partial charge in [-0.3, -0.25) is 9.79 Å². The molecule has 0 aliphatic carbocycles. The number of aliphatic imine (C=N–C) groups is 1. The molecule has 1 amide bonds. The molecule has 0 aliphatic heterocycles. The number of amides is 1. The smallest absolute Gasteiger partial charge is 0.226 e. The molecule has 0 aliphatic rings. The van der Waals surface area contributed by atoms with Gasteiger partial charge in [0.05, 0.1) is 17.2 Å². The maximum absolute atomic E-state index is 12.1. The third-order valence-corrected chi connectivity index (χ3v) is 5.32. The van der Waals surface area contributed by atoms with Crippen molar-refractivity contribution in [2.24, 2.45) is 4.99 Å². The summed E-state index contributed by atoms with van der Waals surface area (Å²) in [6, 6.07) is 5.82. The number of nitrogens with one attached hydrogen (secondary N) is 3. The number of aryl methyl sites for hydroxylation is 3. The summed E-state index contributed by atoms with van der Waals surface area (Å²) in [6.07, 6.45) is 0.353. The third kappa shape index (κ3) is 7.74. The molecular formula is C18H25BrIN5OS. The normalized spacial score (nSPS) is 10.9.